The van der Waals surface area contributed by atoms with E-state index in [1.165, 1.54) is 0 Å². The summed E-state index contributed by atoms with van der Waals surface area (Å²) in [7, 11) is 0. The van der Waals surface area contributed by atoms with Gasteiger partial charge in [-0.3, -0.25) is 0 Å². The molecule has 0 aliphatic rings. The number of nitrogens with one attached hydrogen (secondary N) is 2. The van der Waals surface area contributed by atoms with Crippen LogP contribution in [0.4, 0.5) is 11.6 Å². The summed E-state index contributed by atoms with van der Waals surface area (Å²) in [4.78, 5) is 8.90. The van der Waals surface area contributed by atoms with Gasteiger partial charge in [0.1, 0.15) is 18.2 Å². The van der Waals surface area contributed by atoms with Crippen molar-refractivity contribution in [3.8, 4) is 0 Å². The summed E-state index contributed by atoms with van der Waals surface area (Å²) in [6.07, 6.45) is 1.82. The Labute approximate surface area is 127 Å². The normalized spacial score (nSPS) is 13.8. The fourth-order valence-corrected chi connectivity index (χ4v) is 1.71. The molecule has 0 saturated carbocycles. The van der Waals surface area contributed by atoms with Crippen LogP contribution >= 0.6 is 0 Å². The largest absolute Gasteiger partial charge is 0.394 e. The Hall–Kier alpha value is -1.40. The van der Waals surface area contributed by atoms with Gasteiger partial charge in [0.15, 0.2) is 5.82 Å². The molecule has 6 nitrogen and oxygen atoms in total. The second kappa shape index (κ2) is 8.79. The van der Waals surface area contributed by atoms with Gasteiger partial charge in [-0.1, -0.05) is 13.8 Å². The van der Waals surface area contributed by atoms with Crippen LogP contribution in [0.5, 0.6) is 0 Å². The number of aliphatic hydroxyl groups is 1. The van der Waals surface area contributed by atoms with E-state index in [0.717, 1.165) is 25.2 Å². The average Bonchev–Trinajstić information content (AvgIpc) is 2.50. The van der Waals surface area contributed by atoms with Gasteiger partial charge in [0.2, 0.25) is 0 Å². The fraction of sp³-hybridized carbons (Fsp3) is 0.733. The lowest BCUT2D eigenvalue weighted by Gasteiger charge is -2.28. The number of aliphatic hydroxyl groups excluding tert-OH is 1. The monoisotopic (exact) mass is 296 g/mol. The van der Waals surface area contributed by atoms with E-state index in [-0.39, 0.29) is 12.1 Å². The molecule has 0 amide bonds. The molecule has 0 bridgehead atoms. The molecule has 6 heteroatoms. The molecule has 0 aromatic carbocycles. The molecule has 1 aromatic heterocycles. The van der Waals surface area contributed by atoms with Crippen molar-refractivity contribution in [2.75, 3.05) is 30.4 Å². The third-order valence-corrected chi connectivity index (χ3v) is 3.32. The highest BCUT2D eigenvalue weighted by Gasteiger charge is 2.21. The van der Waals surface area contributed by atoms with Gasteiger partial charge in [-0.2, -0.15) is 0 Å². The number of rotatable bonds is 10. The maximum absolute atomic E-state index is 9.52. The Balaban J connectivity index is 2.94. The third kappa shape index (κ3) is 5.85. The smallest absolute Gasteiger partial charge is 0.158 e. The molecule has 1 aromatic rings. The lowest BCUT2D eigenvalue weighted by molar-refractivity contribution is 0.128. The van der Waals surface area contributed by atoms with Crippen LogP contribution in [-0.4, -0.2) is 40.4 Å². The van der Waals surface area contributed by atoms with Crippen molar-refractivity contribution in [2.24, 2.45) is 0 Å². The molecule has 0 spiro atoms. The number of nitrogens with zero attached hydrogens (tertiary/aromatic N) is 2. The van der Waals surface area contributed by atoms with E-state index in [2.05, 4.69) is 27.5 Å². The van der Waals surface area contributed by atoms with Gasteiger partial charge in [-0.05, 0) is 26.7 Å². The Kier molecular flexibility index (Phi) is 7.39. The van der Waals surface area contributed by atoms with Gasteiger partial charge < -0.3 is 20.5 Å². The van der Waals surface area contributed by atoms with Crippen LogP contribution in [0.2, 0.25) is 0 Å². The van der Waals surface area contributed by atoms with Crippen LogP contribution in [-0.2, 0) is 11.3 Å². The van der Waals surface area contributed by atoms with Crippen LogP contribution < -0.4 is 10.6 Å². The predicted octanol–water partition coefficient (Wildman–Crippen LogP) is 2.41. The zero-order valence-corrected chi connectivity index (χ0v) is 13.6. The quantitative estimate of drug-likeness (QED) is 0.615. The molecular formula is C15H28N4O2. The Morgan fingerprint density at radius 2 is 1.95 bits per heavy atom. The highest BCUT2D eigenvalue weighted by Crippen LogP contribution is 2.19. The van der Waals surface area contributed by atoms with Crippen molar-refractivity contribution in [3.05, 3.63) is 11.9 Å². The molecule has 1 rings (SSSR count). The predicted molar refractivity (Wildman–Crippen MR) is 85.5 cm³/mol. The van der Waals surface area contributed by atoms with E-state index in [1.54, 1.807) is 0 Å². The second-order valence-corrected chi connectivity index (χ2v) is 5.32. The molecule has 0 aliphatic carbocycles. The van der Waals surface area contributed by atoms with Gasteiger partial charge in [0.25, 0.3) is 0 Å². The Morgan fingerprint density at radius 1 is 1.24 bits per heavy atom. The summed E-state index contributed by atoms with van der Waals surface area (Å²) < 4.78 is 5.39. The number of aromatic nitrogens is 2. The molecule has 1 unspecified atom stereocenters. The van der Waals surface area contributed by atoms with E-state index < -0.39 is 0 Å². The van der Waals surface area contributed by atoms with Crippen LogP contribution in [0, 0.1) is 0 Å². The highest BCUT2D eigenvalue weighted by atomic mass is 16.5. The number of hydrogen-bond donors (Lipinski definition) is 3. The molecule has 1 heterocycles. The zero-order valence-electron chi connectivity index (χ0n) is 13.6. The van der Waals surface area contributed by atoms with E-state index >= 15 is 0 Å². The van der Waals surface area contributed by atoms with Crippen molar-refractivity contribution in [1.82, 2.24) is 9.97 Å². The van der Waals surface area contributed by atoms with Crippen molar-refractivity contribution >= 4 is 11.6 Å². The summed E-state index contributed by atoms with van der Waals surface area (Å²) in [5.41, 5.74) is -0.390. The van der Waals surface area contributed by atoms with Crippen LogP contribution in [0.1, 0.15) is 46.4 Å². The van der Waals surface area contributed by atoms with E-state index in [0.29, 0.717) is 24.9 Å². The first-order valence-corrected chi connectivity index (χ1v) is 7.65. The fourth-order valence-electron chi connectivity index (χ4n) is 1.71. The molecular weight excluding hydrogens is 268 g/mol. The molecule has 3 N–H and O–H groups in total. The summed E-state index contributed by atoms with van der Waals surface area (Å²) in [6.45, 7) is 9.96. The first-order chi connectivity index (χ1) is 10.1. The van der Waals surface area contributed by atoms with E-state index in [1.807, 2.05) is 26.8 Å². The van der Waals surface area contributed by atoms with E-state index in [9.17, 15) is 5.11 Å². The van der Waals surface area contributed by atoms with Crippen LogP contribution in [0.15, 0.2) is 6.07 Å². The average molecular weight is 296 g/mol. The van der Waals surface area contributed by atoms with Crippen molar-refractivity contribution in [3.63, 3.8) is 0 Å². The minimum Gasteiger partial charge on any atom is -0.394 e. The third-order valence-electron chi connectivity index (χ3n) is 3.32. The standard InChI is InChI=1S/C15H28N4O2/c1-5-8-16-12-9-13(19-15(4,6-2)11-20)18-14(17-12)10-21-7-3/h9,20H,5-8,10-11H2,1-4H3,(H2,16,17,18,19). The summed E-state index contributed by atoms with van der Waals surface area (Å²) >= 11 is 0. The van der Waals surface area contributed by atoms with Gasteiger partial charge in [0, 0.05) is 19.2 Å². The van der Waals surface area contributed by atoms with Crippen LogP contribution in [0.3, 0.4) is 0 Å². The summed E-state index contributed by atoms with van der Waals surface area (Å²) in [5.74, 6) is 2.12. The molecule has 0 aliphatic heterocycles. The van der Waals surface area contributed by atoms with Crippen molar-refractivity contribution < 1.29 is 9.84 Å². The van der Waals surface area contributed by atoms with Gasteiger partial charge in [0.05, 0.1) is 12.1 Å². The zero-order chi connectivity index (χ0) is 15.7. The molecule has 120 valence electrons. The van der Waals surface area contributed by atoms with Gasteiger partial charge in [-0.25, -0.2) is 9.97 Å². The maximum atomic E-state index is 9.52. The minimum absolute atomic E-state index is 0.0476. The lowest BCUT2D eigenvalue weighted by atomic mass is 10.0. The Bertz CT molecular complexity index is 396. The SMILES string of the molecule is CCCNc1cc(NC(C)(CC)CO)nc(COCC)n1. The van der Waals surface area contributed by atoms with Crippen LogP contribution in [0.25, 0.3) is 0 Å². The van der Waals surface area contributed by atoms with Crippen molar-refractivity contribution in [1.29, 1.82) is 0 Å². The van der Waals surface area contributed by atoms with Crippen molar-refractivity contribution in [2.45, 2.75) is 52.7 Å². The first kappa shape index (κ1) is 17.7. The van der Waals surface area contributed by atoms with E-state index in [4.69, 9.17) is 4.74 Å². The molecule has 1 atom stereocenters. The summed E-state index contributed by atoms with van der Waals surface area (Å²) in [6, 6.07) is 1.87. The van der Waals surface area contributed by atoms with Gasteiger partial charge in [-0.15, -0.1) is 0 Å². The number of hydrogen-bond acceptors (Lipinski definition) is 6. The molecule has 0 saturated heterocycles. The van der Waals surface area contributed by atoms with Gasteiger partial charge >= 0.3 is 0 Å². The molecule has 0 fully saturated rings. The summed E-state index contributed by atoms with van der Waals surface area (Å²) in [5, 5.41) is 16.1. The lowest BCUT2D eigenvalue weighted by Crippen LogP contribution is -2.38. The minimum atomic E-state index is -0.390. The highest BCUT2D eigenvalue weighted by molar-refractivity contribution is 5.49. The molecule has 0 radical (unpaired) electrons. The number of anilines is 2. The maximum Gasteiger partial charge on any atom is 0.158 e. The Morgan fingerprint density at radius 3 is 2.52 bits per heavy atom. The second-order valence-electron chi connectivity index (χ2n) is 5.32. The molecule has 21 heavy (non-hydrogen) atoms. The topological polar surface area (TPSA) is 79.3 Å². The first-order valence-electron chi connectivity index (χ1n) is 7.65. The number of ether oxygens (including phenoxy) is 1.